The number of ether oxygens (including phenoxy) is 1. The van der Waals surface area contributed by atoms with Crippen molar-refractivity contribution in [1.82, 2.24) is 4.98 Å². The highest BCUT2D eigenvalue weighted by molar-refractivity contribution is 6.58. The van der Waals surface area contributed by atoms with Crippen LogP contribution in [0.25, 0.3) is 0 Å². The number of methoxy groups -OCH3 is 1. The average molecular weight is 181 g/mol. The Balaban J connectivity index is 2.35. The fourth-order valence-electron chi connectivity index (χ4n) is 0.851. The molecule has 0 aromatic carbocycles. The lowest BCUT2D eigenvalue weighted by Crippen LogP contribution is -2.36. The summed E-state index contributed by atoms with van der Waals surface area (Å²) in [6.45, 7) is 0.818. The van der Waals surface area contributed by atoms with Gasteiger partial charge in [0.1, 0.15) is 0 Å². The molecule has 13 heavy (non-hydrogen) atoms. The molecule has 1 rings (SSSR count). The Bertz CT molecular complexity index is 232. The first-order chi connectivity index (χ1) is 6.34. The van der Waals surface area contributed by atoms with Crippen molar-refractivity contribution >= 4 is 12.7 Å². The van der Waals surface area contributed by atoms with E-state index in [-0.39, 0.29) is 0 Å². The Morgan fingerprint density at radius 1 is 1.46 bits per heavy atom. The molecule has 5 heteroatoms. The highest BCUT2D eigenvalue weighted by Crippen LogP contribution is 1.84. The maximum absolute atomic E-state index is 9.41. The summed E-state index contributed by atoms with van der Waals surface area (Å²) >= 11 is 0. The van der Waals surface area contributed by atoms with E-state index in [0.29, 0.717) is 18.8 Å². The van der Waals surface area contributed by atoms with Gasteiger partial charge in [-0.05, 0) is 12.1 Å². The van der Waals surface area contributed by atoms with E-state index >= 15 is 0 Å². The minimum absolute atomic E-state index is 0.355. The summed E-state index contributed by atoms with van der Waals surface area (Å²) in [6.07, 6.45) is 1.61. The molecule has 1 aromatic heterocycles. The third kappa shape index (κ3) is 3.54. The molecule has 1 heterocycles. The average Bonchev–Trinajstić information content (AvgIpc) is 2.19. The number of hydrogen-bond donors (Lipinski definition) is 1. The van der Waals surface area contributed by atoms with Crippen LogP contribution in [-0.4, -0.2) is 37.4 Å². The van der Waals surface area contributed by atoms with Crippen molar-refractivity contribution in [2.45, 2.75) is 0 Å². The van der Waals surface area contributed by atoms with E-state index in [4.69, 9.17) is 9.39 Å². The van der Waals surface area contributed by atoms with Crippen molar-refractivity contribution < 1.29 is 14.4 Å². The second kappa shape index (κ2) is 5.69. The van der Waals surface area contributed by atoms with E-state index in [1.54, 1.807) is 31.5 Å². The lowest BCUT2D eigenvalue weighted by molar-refractivity contribution is 0.136. The zero-order chi connectivity index (χ0) is 9.52. The van der Waals surface area contributed by atoms with Crippen molar-refractivity contribution in [2.75, 3.05) is 20.3 Å². The Labute approximate surface area is 77.7 Å². The van der Waals surface area contributed by atoms with Gasteiger partial charge >= 0.3 is 7.12 Å². The van der Waals surface area contributed by atoms with Crippen LogP contribution in [0.2, 0.25) is 0 Å². The molecule has 0 saturated carbocycles. The predicted octanol–water partition coefficient (Wildman–Crippen LogP) is -0.568. The first kappa shape index (κ1) is 10.2. The summed E-state index contributed by atoms with van der Waals surface area (Å²) in [5.74, 6) is 0. The lowest BCUT2D eigenvalue weighted by Gasteiger charge is -2.05. The normalized spacial score (nSPS) is 10.0. The van der Waals surface area contributed by atoms with Crippen molar-refractivity contribution in [2.24, 2.45) is 0 Å². The van der Waals surface area contributed by atoms with Gasteiger partial charge in [-0.1, -0.05) is 6.07 Å². The zero-order valence-electron chi connectivity index (χ0n) is 7.51. The second-order valence-electron chi connectivity index (χ2n) is 2.47. The van der Waals surface area contributed by atoms with Crippen molar-refractivity contribution in [3.63, 3.8) is 0 Å². The molecule has 0 spiro atoms. The van der Waals surface area contributed by atoms with Crippen LogP contribution in [0.5, 0.6) is 0 Å². The highest BCUT2D eigenvalue weighted by Gasteiger charge is 2.16. The predicted molar refractivity (Wildman–Crippen MR) is 49.7 cm³/mol. The van der Waals surface area contributed by atoms with Gasteiger partial charge in [0.05, 0.1) is 18.8 Å². The maximum atomic E-state index is 9.41. The summed E-state index contributed by atoms with van der Waals surface area (Å²) in [7, 11) is 0.618. The molecular formula is C8H12BNO3. The fraction of sp³-hybridized carbons (Fsp3) is 0.375. The van der Waals surface area contributed by atoms with E-state index in [2.05, 4.69) is 4.98 Å². The summed E-state index contributed by atoms with van der Waals surface area (Å²) < 4.78 is 9.81. The van der Waals surface area contributed by atoms with Crippen molar-refractivity contribution in [3.8, 4) is 0 Å². The van der Waals surface area contributed by atoms with Gasteiger partial charge < -0.3 is 14.4 Å². The van der Waals surface area contributed by atoms with Gasteiger partial charge in [0.2, 0.25) is 0 Å². The van der Waals surface area contributed by atoms with Gasteiger partial charge in [0.15, 0.2) is 0 Å². The zero-order valence-corrected chi connectivity index (χ0v) is 7.51. The topological polar surface area (TPSA) is 51.6 Å². The summed E-state index contributed by atoms with van der Waals surface area (Å²) in [5.41, 5.74) is 0.513. The first-order valence-corrected chi connectivity index (χ1v) is 4.04. The molecule has 4 nitrogen and oxygen atoms in total. The summed E-state index contributed by atoms with van der Waals surface area (Å²) in [4.78, 5) is 3.94. The molecule has 0 aliphatic carbocycles. The van der Waals surface area contributed by atoms with E-state index in [1.165, 1.54) is 0 Å². The van der Waals surface area contributed by atoms with Crippen LogP contribution >= 0.6 is 0 Å². The molecule has 0 aliphatic rings. The Kier molecular flexibility index (Phi) is 4.46. The SMILES string of the molecule is COCCOB(O)c1ccccn1. The fourth-order valence-corrected chi connectivity index (χ4v) is 0.851. The quantitative estimate of drug-likeness (QED) is 0.488. The number of hydrogen-bond acceptors (Lipinski definition) is 4. The molecule has 70 valence electrons. The van der Waals surface area contributed by atoms with Gasteiger partial charge in [0.25, 0.3) is 0 Å². The largest absolute Gasteiger partial charge is 0.510 e. The molecule has 0 fully saturated rings. The van der Waals surface area contributed by atoms with Crippen LogP contribution in [0.15, 0.2) is 24.4 Å². The Hall–Kier alpha value is -0.905. The van der Waals surface area contributed by atoms with Crippen molar-refractivity contribution in [1.29, 1.82) is 0 Å². The molecule has 0 radical (unpaired) electrons. The number of aromatic nitrogens is 1. The monoisotopic (exact) mass is 181 g/mol. The van der Waals surface area contributed by atoms with E-state index in [0.717, 1.165) is 0 Å². The van der Waals surface area contributed by atoms with Gasteiger partial charge in [-0.15, -0.1) is 0 Å². The molecule has 0 atom stereocenters. The van der Waals surface area contributed by atoms with Crippen molar-refractivity contribution in [3.05, 3.63) is 24.4 Å². The number of rotatable bonds is 5. The Morgan fingerprint density at radius 3 is 2.92 bits per heavy atom. The van der Waals surface area contributed by atoms with Crippen LogP contribution in [0.1, 0.15) is 0 Å². The lowest BCUT2D eigenvalue weighted by atomic mass is 9.85. The van der Waals surface area contributed by atoms with Crippen LogP contribution in [0.4, 0.5) is 0 Å². The van der Waals surface area contributed by atoms with Gasteiger partial charge in [0, 0.05) is 13.3 Å². The summed E-state index contributed by atoms with van der Waals surface area (Å²) in [5, 5.41) is 9.41. The smallest absolute Gasteiger partial charge is 0.422 e. The first-order valence-electron chi connectivity index (χ1n) is 4.04. The molecular weight excluding hydrogens is 169 g/mol. The van der Waals surface area contributed by atoms with Crippen LogP contribution in [0.3, 0.4) is 0 Å². The highest BCUT2D eigenvalue weighted by atomic mass is 16.5. The minimum Gasteiger partial charge on any atom is -0.422 e. The molecule has 0 unspecified atom stereocenters. The Morgan fingerprint density at radius 2 is 2.31 bits per heavy atom. The summed E-state index contributed by atoms with van der Waals surface area (Å²) in [6, 6.07) is 5.29. The number of nitrogens with zero attached hydrogens (tertiary/aromatic N) is 1. The maximum Gasteiger partial charge on any atom is 0.510 e. The third-order valence-corrected chi connectivity index (χ3v) is 1.50. The van der Waals surface area contributed by atoms with Gasteiger partial charge in [-0.2, -0.15) is 0 Å². The molecule has 1 N–H and O–H groups in total. The molecule has 0 aliphatic heterocycles. The van der Waals surface area contributed by atoms with Crippen LogP contribution in [-0.2, 0) is 9.39 Å². The van der Waals surface area contributed by atoms with Gasteiger partial charge in [-0.25, -0.2) is 0 Å². The van der Waals surface area contributed by atoms with E-state index in [1.807, 2.05) is 0 Å². The molecule has 0 amide bonds. The van der Waals surface area contributed by atoms with E-state index < -0.39 is 7.12 Å². The van der Waals surface area contributed by atoms with Crippen LogP contribution in [0, 0.1) is 0 Å². The number of pyridine rings is 1. The second-order valence-corrected chi connectivity index (χ2v) is 2.47. The minimum atomic E-state index is -0.962. The molecule has 0 bridgehead atoms. The van der Waals surface area contributed by atoms with Crippen LogP contribution < -0.4 is 5.59 Å². The molecule has 1 aromatic rings. The van der Waals surface area contributed by atoms with Gasteiger partial charge in [-0.3, -0.25) is 4.98 Å². The van der Waals surface area contributed by atoms with E-state index in [9.17, 15) is 5.02 Å². The standard InChI is InChI=1S/C8H12BNO3/c1-12-6-7-13-9(11)8-4-2-3-5-10-8/h2-5,11H,6-7H2,1H3. The molecule has 0 saturated heterocycles. The third-order valence-electron chi connectivity index (χ3n) is 1.50.